The summed E-state index contributed by atoms with van der Waals surface area (Å²) in [7, 11) is 0. The molecule has 0 unspecified atom stereocenters. The van der Waals surface area contributed by atoms with Gasteiger partial charge in [0.2, 0.25) is 5.82 Å². The highest BCUT2D eigenvalue weighted by Gasteiger charge is 2.09. The summed E-state index contributed by atoms with van der Waals surface area (Å²) in [4.78, 5) is 18.6. The van der Waals surface area contributed by atoms with Crippen LogP contribution in [0.5, 0.6) is 5.75 Å². The molecule has 0 spiro atoms. The molecule has 2 rings (SSSR count). The quantitative estimate of drug-likeness (QED) is 0.911. The van der Waals surface area contributed by atoms with Crippen molar-refractivity contribution in [1.29, 1.82) is 0 Å². The highest BCUT2D eigenvalue weighted by atomic mass is 16.5. The van der Waals surface area contributed by atoms with Crippen molar-refractivity contribution in [3.05, 3.63) is 53.1 Å². The first-order chi connectivity index (χ1) is 9.04. The normalized spacial score (nSPS) is 10.2. The molecule has 1 aromatic heterocycles. The molecular formula is C14H14N2O3. The molecule has 1 heterocycles. The van der Waals surface area contributed by atoms with Gasteiger partial charge in [-0.15, -0.1) is 0 Å². The van der Waals surface area contributed by atoms with Crippen LogP contribution < -0.4 is 4.74 Å². The molecule has 1 aromatic carbocycles. The molecular weight excluding hydrogens is 244 g/mol. The third-order valence-corrected chi connectivity index (χ3v) is 2.51. The summed E-state index contributed by atoms with van der Waals surface area (Å²) in [5.74, 6) is -0.624. The highest BCUT2D eigenvalue weighted by molar-refractivity contribution is 5.83. The molecule has 5 nitrogen and oxygen atoms in total. The SMILES string of the molecule is Cc1ccc(OCc2cc(C)nc(C(=O)O)n2)cc1. The van der Waals surface area contributed by atoms with E-state index in [9.17, 15) is 4.79 Å². The second-order valence-electron chi connectivity index (χ2n) is 4.23. The number of rotatable bonds is 4. The van der Waals surface area contributed by atoms with Crippen LogP contribution in [-0.2, 0) is 6.61 Å². The van der Waals surface area contributed by atoms with E-state index in [4.69, 9.17) is 9.84 Å². The second-order valence-corrected chi connectivity index (χ2v) is 4.23. The van der Waals surface area contributed by atoms with Crippen LogP contribution in [0.2, 0.25) is 0 Å². The first kappa shape index (κ1) is 13.0. The van der Waals surface area contributed by atoms with Crippen molar-refractivity contribution in [2.45, 2.75) is 20.5 Å². The molecule has 0 aliphatic heterocycles. The van der Waals surface area contributed by atoms with Crippen molar-refractivity contribution in [2.24, 2.45) is 0 Å². The maximum atomic E-state index is 10.9. The van der Waals surface area contributed by atoms with Crippen LogP contribution in [0, 0.1) is 13.8 Å². The largest absolute Gasteiger partial charge is 0.487 e. The van der Waals surface area contributed by atoms with Gasteiger partial charge in [0.1, 0.15) is 12.4 Å². The standard InChI is InChI=1S/C14H14N2O3/c1-9-3-5-12(6-4-9)19-8-11-7-10(2)15-13(16-11)14(17)18/h3-7H,8H2,1-2H3,(H,17,18). The van der Waals surface area contributed by atoms with Gasteiger partial charge in [-0.2, -0.15) is 0 Å². The van der Waals surface area contributed by atoms with E-state index in [1.54, 1.807) is 13.0 Å². The van der Waals surface area contributed by atoms with Gasteiger partial charge in [-0.1, -0.05) is 17.7 Å². The average molecular weight is 258 g/mol. The van der Waals surface area contributed by atoms with E-state index in [1.165, 1.54) is 0 Å². The van der Waals surface area contributed by atoms with Crippen molar-refractivity contribution in [2.75, 3.05) is 0 Å². The Morgan fingerprint density at radius 1 is 1.21 bits per heavy atom. The number of aryl methyl sites for hydroxylation is 2. The molecule has 0 bridgehead atoms. The number of aromatic carboxylic acids is 1. The fraction of sp³-hybridized carbons (Fsp3) is 0.214. The summed E-state index contributed by atoms with van der Waals surface area (Å²) < 4.78 is 5.55. The van der Waals surface area contributed by atoms with Crippen LogP contribution in [0.15, 0.2) is 30.3 Å². The summed E-state index contributed by atoms with van der Waals surface area (Å²) in [5, 5.41) is 8.88. The maximum absolute atomic E-state index is 10.9. The Morgan fingerprint density at radius 3 is 2.53 bits per heavy atom. The zero-order chi connectivity index (χ0) is 13.8. The van der Waals surface area contributed by atoms with E-state index in [2.05, 4.69) is 9.97 Å². The van der Waals surface area contributed by atoms with E-state index in [0.29, 0.717) is 11.4 Å². The minimum atomic E-state index is -1.14. The molecule has 98 valence electrons. The van der Waals surface area contributed by atoms with Crippen LogP contribution in [0.1, 0.15) is 27.6 Å². The van der Waals surface area contributed by atoms with Crippen LogP contribution in [0.4, 0.5) is 0 Å². The Hall–Kier alpha value is -2.43. The predicted molar refractivity (Wildman–Crippen MR) is 69.2 cm³/mol. The molecule has 19 heavy (non-hydrogen) atoms. The van der Waals surface area contributed by atoms with Crippen molar-refractivity contribution in [3.8, 4) is 5.75 Å². The monoisotopic (exact) mass is 258 g/mol. The number of hydrogen-bond acceptors (Lipinski definition) is 4. The zero-order valence-electron chi connectivity index (χ0n) is 10.8. The number of hydrogen-bond donors (Lipinski definition) is 1. The van der Waals surface area contributed by atoms with Gasteiger partial charge in [0.05, 0.1) is 5.69 Å². The van der Waals surface area contributed by atoms with Gasteiger partial charge in [0.15, 0.2) is 0 Å². The first-order valence-electron chi connectivity index (χ1n) is 5.82. The van der Waals surface area contributed by atoms with Crippen molar-refractivity contribution in [1.82, 2.24) is 9.97 Å². The van der Waals surface area contributed by atoms with Gasteiger partial charge >= 0.3 is 5.97 Å². The van der Waals surface area contributed by atoms with Crippen LogP contribution >= 0.6 is 0 Å². The summed E-state index contributed by atoms with van der Waals surface area (Å²) in [6, 6.07) is 9.33. The predicted octanol–water partition coefficient (Wildman–Crippen LogP) is 2.37. The summed E-state index contributed by atoms with van der Waals surface area (Å²) in [6.07, 6.45) is 0. The van der Waals surface area contributed by atoms with E-state index in [1.807, 2.05) is 31.2 Å². The van der Waals surface area contributed by atoms with Crippen LogP contribution in [0.25, 0.3) is 0 Å². The number of aromatic nitrogens is 2. The molecule has 1 N–H and O–H groups in total. The molecule has 0 aliphatic rings. The lowest BCUT2D eigenvalue weighted by Crippen LogP contribution is -2.09. The van der Waals surface area contributed by atoms with Crippen molar-refractivity contribution < 1.29 is 14.6 Å². The molecule has 0 atom stereocenters. The fourth-order valence-electron chi connectivity index (χ4n) is 1.60. The van der Waals surface area contributed by atoms with Crippen molar-refractivity contribution in [3.63, 3.8) is 0 Å². The second kappa shape index (κ2) is 5.48. The van der Waals surface area contributed by atoms with Gasteiger partial charge < -0.3 is 9.84 Å². The van der Waals surface area contributed by atoms with Gasteiger partial charge in [-0.3, -0.25) is 0 Å². The fourth-order valence-corrected chi connectivity index (χ4v) is 1.60. The van der Waals surface area contributed by atoms with E-state index < -0.39 is 5.97 Å². The van der Waals surface area contributed by atoms with Crippen LogP contribution in [0.3, 0.4) is 0 Å². The van der Waals surface area contributed by atoms with Crippen molar-refractivity contribution >= 4 is 5.97 Å². The minimum absolute atomic E-state index is 0.206. The minimum Gasteiger partial charge on any atom is -0.487 e. The molecule has 0 saturated heterocycles. The summed E-state index contributed by atoms with van der Waals surface area (Å²) in [6.45, 7) is 3.94. The Kier molecular flexibility index (Phi) is 3.75. The lowest BCUT2D eigenvalue weighted by Gasteiger charge is -2.07. The molecule has 0 saturated carbocycles. The summed E-state index contributed by atoms with van der Waals surface area (Å²) >= 11 is 0. The van der Waals surface area contributed by atoms with Gasteiger partial charge in [0, 0.05) is 5.69 Å². The topological polar surface area (TPSA) is 72.3 Å². The lowest BCUT2D eigenvalue weighted by atomic mass is 10.2. The Bertz CT molecular complexity index is 594. The summed E-state index contributed by atoms with van der Waals surface area (Å²) in [5.41, 5.74) is 2.30. The third-order valence-electron chi connectivity index (χ3n) is 2.51. The Balaban J connectivity index is 2.11. The number of ether oxygens (including phenoxy) is 1. The van der Waals surface area contributed by atoms with E-state index in [0.717, 1.165) is 11.3 Å². The average Bonchev–Trinajstić information content (AvgIpc) is 2.37. The Morgan fingerprint density at radius 2 is 1.89 bits per heavy atom. The number of carbonyl (C=O) groups is 1. The highest BCUT2D eigenvalue weighted by Crippen LogP contribution is 2.13. The molecule has 2 aromatic rings. The van der Waals surface area contributed by atoms with E-state index in [-0.39, 0.29) is 12.4 Å². The number of carboxylic acid groups (broad SMARTS) is 1. The molecule has 0 fully saturated rings. The maximum Gasteiger partial charge on any atom is 0.373 e. The number of carboxylic acids is 1. The molecule has 5 heteroatoms. The lowest BCUT2D eigenvalue weighted by molar-refractivity contribution is 0.0682. The van der Waals surface area contributed by atoms with Gasteiger partial charge in [-0.05, 0) is 32.0 Å². The molecule has 0 radical (unpaired) electrons. The van der Waals surface area contributed by atoms with Crippen LogP contribution in [-0.4, -0.2) is 21.0 Å². The first-order valence-corrected chi connectivity index (χ1v) is 5.82. The van der Waals surface area contributed by atoms with Gasteiger partial charge in [0.25, 0.3) is 0 Å². The van der Waals surface area contributed by atoms with E-state index >= 15 is 0 Å². The smallest absolute Gasteiger partial charge is 0.373 e. The molecule has 0 aliphatic carbocycles. The van der Waals surface area contributed by atoms with Gasteiger partial charge in [-0.25, -0.2) is 14.8 Å². The zero-order valence-corrected chi connectivity index (χ0v) is 10.8. The third kappa shape index (κ3) is 3.51. The Labute approximate surface area is 110 Å². The molecule has 0 amide bonds. The number of nitrogens with zero attached hydrogens (tertiary/aromatic N) is 2. The number of benzene rings is 1.